The summed E-state index contributed by atoms with van der Waals surface area (Å²) < 4.78 is 6.76. The second-order valence-electron chi connectivity index (χ2n) is 7.80. The number of amides is 2. The van der Waals surface area contributed by atoms with Crippen molar-refractivity contribution in [1.82, 2.24) is 24.8 Å². The summed E-state index contributed by atoms with van der Waals surface area (Å²) in [5.41, 5.74) is -0.290. The molecule has 0 atom stereocenters. The van der Waals surface area contributed by atoms with Crippen molar-refractivity contribution in [2.45, 2.75) is 45.3 Å². The summed E-state index contributed by atoms with van der Waals surface area (Å²) in [5, 5.41) is 2.97. The predicted octanol–water partition coefficient (Wildman–Crippen LogP) is 1.48. The molecule has 0 unspecified atom stereocenters. The van der Waals surface area contributed by atoms with Gasteiger partial charge in [0.2, 0.25) is 5.91 Å². The van der Waals surface area contributed by atoms with Gasteiger partial charge in [0.25, 0.3) is 5.56 Å². The molecule has 1 aliphatic heterocycles. The number of alkyl carbamates (subject to hydrolysis) is 1. The number of likely N-dealkylation sites (tertiary alicyclic amines) is 1. The van der Waals surface area contributed by atoms with Crippen LogP contribution in [0.4, 0.5) is 4.79 Å². The average molecular weight is 387 g/mol. The zero-order chi connectivity index (χ0) is 20.3. The van der Waals surface area contributed by atoms with Crippen LogP contribution in [0.25, 0.3) is 11.0 Å². The lowest BCUT2D eigenvalue weighted by atomic mass is 10.0. The highest BCUT2D eigenvalue weighted by molar-refractivity contribution is 5.82. The number of nitrogens with zero attached hydrogens (tertiary/aromatic N) is 4. The minimum atomic E-state index is -0.613. The maximum Gasteiger partial charge on any atom is 0.408 e. The Morgan fingerprint density at radius 1 is 1.25 bits per heavy atom. The van der Waals surface area contributed by atoms with Crippen molar-refractivity contribution in [2.75, 3.05) is 19.6 Å². The molecule has 0 spiro atoms. The highest BCUT2D eigenvalue weighted by Gasteiger charge is 2.25. The first-order valence-electron chi connectivity index (χ1n) is 9.31. The number of aromatic nitrogens is 3. The number of ether oxygens (including phenoxy) is 1. The summed E-state index contributed by atoms with van der Waals surface area (Å²) in [6.45, 7) is 6.20. The Kier molecular flexibility index (Phi) is 5.62. The minimum absolute atomic E-state index is 0.0209. The molecule has 1 fully saturated rings. The number of hydrogen-bond acceptors (Lipinski definition) is 6. The number of fused-ring (bicyclic) bond motifs is 1. The van der Waals surface area contributed by atoms with Gasteiger partial charge in [-0.05, 0) is 45.7 Å². The van der Waals surface area contributed by atoms with Crippen LogP contribution in [0, 0.1) is 0 Å². The molecule has 0 aromatic carbocycles. The fourth-order valence-corrected chi connectivity index (χ4v) is 3.20. The SMILES string of the molecule is CC(C)(C)OC(=O)NCC(=O)N1CCC(n2cnc3ncccc3c2=O)CC1. The Morgan fingerprint density at radius 2 is 1.96 bits per heavy atom. The third-order valence-corrected chi connectivity index (χ3v) is 4.55. The molecule has 0 aliphatic carbocycles. The number of pyridine rings is 1. The van der Waals surface area contributed by atoms with E-state index in [2.05, 4.69) is 15.3 Å². The van der Waals surface area contributed by atoms with Crippen LogP contribution in [-0.4, -0.2) is 56.7 Å². The van der Waals surface area contributed by atoms with Gasteiger partial charge in [-0.25, -0.2) is 14.8 Å². The zero-order valence-electron chi connectivity index (χ0n) is 16.3. The third kappa shape index (κ3) is 4.65. The zero-order valence-corrected chi connectivity index (χ0v) is 16.3. The van der Waals surface area contributed by atoms with Crippen LogP contribution in [0.1, 0.15) is 39.7 Å². The molecule has 1 saturated heterocycles. The van der Waals surface area contributed by atoms with Crippen molar-refractivity contribution in [3.63, 3.8) is 0 Å². The molecule has 3 rings (SSSR count). The molecule has 150 valence electrons. The van der Waals surface area contributed by atoms with Crippen LogP contribution < -0.4 is 10.9 Å². The lowest BCUT2D eigenvalue weighted by molar-refractivity contribution is -0.131. The van der Waals surface area contributed by atoms with E-state index in [9.17, 15) is 14.4 Å². The van der Waals surface area contributed by atoms with Gasteiger partial charge in [0.1, 0.15) is 18.5 Å². The van der Waals surface area contributed by atoms with E-state index in [1.807, 2.05) is 0 Å². The highest BCUT2D eigenvalue weighted by atomic mass is 16.6. The van der Waals surface area contributed by atoms with Crippen LogP contribution >= 0.6 is 0 Å². The van der Waals surface area contributed by atoms with Crippen LogP contribution in [0.5, 0.6) is 0 Å². The van der Waals surface area contributed by atoms with E-state index in [0.717, 1.165) is 0 Å². The first-order valence-corrected chi connectivity index (χ1v) is 9.31. The molecule has 2 aromatic heterocycles. The largest absolute Gasteiger partial charge is 0.444 e. The van der Waals surface area contributed by atoms with Gasteiger partial charge < -0.3 is 15.0 Å². The Hall–Kier alpha value is -2.97. The number of carbonyl (C=O) groups is 2. The molecule has 1 aliphatic rings. The molecule has 0 saturated carbocycles. The molecular weight excluding hydrogens is 362 g/mol. The van der Waals surface area contributed by atoms with Crippen molar-refractivity contribution < 1.29 is 14.3 Å². The molecule has 9 heteroatoms. The quantitative estimate of drug-likeness (QED) is 0.855. The van der Waals surface area contributed by atoms with Crippen molar-refractivity contribution in [3.05, 3.63) is 35.0 Å². The molecule has 2 amide bonds. The van der Waals surface area contributed by atoms with Crippen molar-refractivity contribution in [3.8, 4) is 0 Å². The molecule has 3 heterocycles. The molecule has 2 aromatic rings. The van der Waals surface area contributed by atoms with Crippen LogP contribution in [0.15, 0.2) is 29.5 Å². The lowest BCUT2D eigenvalue weighted by Crippen LogP contribution is -2.45. The predicted molar refractivity (Wildman–Crippen MR) is 103 cm³/mol. The van der Waals surface area contributed by atoms with Crippen molar-refractivity contribution >= 4 is 23.0 Å². The number of rotatable bonds is 3. The van der Waals surface area contributed by atoms with Gasteiger partial charge in [-0.3, -0.25) is 14.2 Å². The van der Waals surface area contributed by atoms with E-state index in [1.54, 1.807) is 48.6 Å². The maximum absolute atomic E-state index is 12.7. The lowest BCUT2D eigenvalue weighted by Gasteiger charge is -2.33. The Morgan fingerprint density at radius 3 is 2.64 bits per heavy atom. The number of piperidine rings is 1. The van der Waals surface area contributed by atoms with E-state index < -0.39 is 11.7 Å². The van der Waals surface area contributed by atoms with Gasteiger partial charge in [0.15, 0.2) is 5.65 Å². The van der Waals surface area contributed by atoms with Crippen LogP contribution in [0.2, 0.25) is 0 Å². The second kappa shape index (κ2) is 7.95. The summed E-state index contributed by atoms with van der Waals surface area (Å²) >= 11 is 0. The number of hydrogen-bond donors (Lipinski definition) is 1. The fourth-order valence-electron chi connectivity index (χ4n) is 3.20. The Labute approximate surface area is 162 Å². The fraction of sp³-hybridized carbons (Fsp3) is 0.526. The summed E-state index contributed by atoms with van der Waals surface area (Å²) in [6, 6.07) is 3.41. The summed E-state index contributed by atoms with van der Waals surface area (Å²) in [5.74, 6) is -0.169. The van der Waals surface area contributed by atoms with Crippen molar-refractivity contribution in [2.24, 2.45) is 0 Å². The van der Waals surface area contributed by atoms with E-state index in [1.165, 1.54) is 6.33 Å². The Bertz CT molecular complexity index is 926. The van der Waals surface area contributed by atoms with Gasteiger partial charge in [0.05, 0.1) is 5.39 Å². The Balaban J connectivity index is 1.56. The second-order valence-corrected chi connectivity index (χ2v) is 7.80. The normalized spacial score (nSPS) is 15.5. The minimum Gasteiger partial charge on any atom is -0.444 e. The first-order chi connectivity index (χ1) is 13.2. The van der Waals surface area contributed by atoms with Crippen molar-refractivity contribution in [1.29, 1.82) is 0 Å². The number of nitrogens with one attached hydrogen (secondary N) is 1. The smallest absolute Gasteiger partial charge is 0.408 e. The monoisotopic (exact) mass is 387 g/mol. The summed E-state index contributed by atoms with van der Waals surface area (Å²) in [4.78, 5) is 46.7. The van der Waals surface area contributed by atoms with Gasteiger partial charge in [0, 0.05) is 25.3 Å². The molecular formula is C19H25N5O4. The van der Waals surface area contributed by atoms with E-state index in [4.69, 9.17) is 4.74 Å². The molecule has 28 heavy (non-hydrogen) atoms. The van der Waals surface area contributed by atoms with Gasteiger partial charge in [-0.1, -0.05) is 0 Å². The molecule has 0 radical (unpaired) electrons. The highest BCUT2D eigenvalue weighted by Crippen LogP contribution is 2.21. The topological polar surface area (TPSA) is 106 Å². The van der Waals surface area contributed by atoms with E-state index >= 15 is 0 Å². The van der Waals surface area contributed by atoms with Gasteiger partial charge in [-0.2, -0.15) is 0 Å². The maximum atomic E-state index is 12.7. The molecule has 1 N–H and O–H groups in total. The summed E-state index contributed by atoms with van der Waals surface area (Å²) in [6.07, 6.45) is 3.81. The van der Waals surface area contributed by atoms with E-state index in [-0.39, 0.29) is 24.1 Å². The van der Waals surface area contributed by atoms with Crippen LogP contribution in [-0.2, 0) is 9.53 Å². The molecule has 9 nitrogen and oxygen atoms in total. The third-order valence-electron chi connectivity index (χ3n) is 4.55. The number of carbonyl (C=O) groups excluding carboxylic acids is 2. The average Bonchev–Trinajstić information content (AvgIpc) is 2.65. The summed E-state index contributed by atoms with van der Waals surface area (Å²) in [7, 11) is 0. The van der Waals surface area contributed by atoms with Gasteiger partial charge >= 0.3 is 6.09 Å². The molecule has 0 bridgehead atoms. The van der Waals surface area contributed by atoms with Gasteiger partial charge in [-0.15, -0.1) is 0 Å². The van der Waals surface area contributed by atoms with Crippen LogP contribution in [0.3, 0.4) is 0 Å². The standard InChI is InChI=1S/C19H25N5O4/c1-19(2,3)28-18(27)21-11-15(25)23-9-6-13(7-10-23)24-12-22-16-14(17(24)26)5-4-8-20-16/h4-5,8,12-13H,6-7,9-11H2,1-3H3,(H,21,27). The first kappa shape index (κ1) is 19.8. The van der Waals surface area contributed by atoms with E-state index in [0.29, 0.717) is 37.0 Å².